The molecule has 1 aromatic rings. The second-order valence-electron chi connectivity index (χ2n) is 5.54. The molecule has 0 radical (unpaired) electrons. The number of carbonyl (C=O) groups excluding carboxylic acids is 1. The number of aryl methyl sites for hydroxylation is 1. The van der Waals surface area contributed by atoms with E-state index in [2.05, 4.69) is 31.2 Å². The number of carbonyl (C=O) groups is 1. The van der Waals surface area contributed by atoms with Crippen molar-refractivity contribution in [2.75, 3.05) is 13.7 Å². The van der Waals surface area contributed by atoms with Crippen LogP contribution in [0.4, 0.5) is 0 Å². The Morgan fingerprint density at radius 3 is 2.67 bits per heavy atom. The Morgan fingerprint density at radius 1 is 1.33 bits per heavy atom. The summed E-state index contributed by atoms with van der Waals surface area (Å²) in [5.41, 5.74) is 3.55. The van der Waals surface area contributed by atoms with Crippen molar-refractivity contribution in [1.82, 2.24) is 0 Å². The predicted molar refractivity (Wildman–Crippen MR) is 85.8 cm³/mol. The molecule has 3 heteroatoms. The van der Waals surface area contributed by atoms with Gasteiger partial charge in [0.1, 0.15) is 12.4 Å². The molecule has 1 atom stereocenters. The summed E-state index contributed by atoms with van der Waals surface area (Å²) in [5, 5.41) is 0. The number of ether oxygens (including phenoxy) is 2. The van der Waals surface area contributed by atoms with Crippen LogP contribution < -0.4 is 4.74 Å². The third-order valence-corrected chi connectivity index (χ3v) is 3.60. The Labute approximate surface area is 128 Å². The average Bonchev–Trinajstić information content (AvgIpc) is 2.45. The Balaban J connectivity index is 2.52. The van der Waals surface area contributed by atoms with Gasteiger partial charge in [-0.3, -0.25) is 4.79 Å². The number of hydrogen-bond acceptors (Lipinski definition) is 3. The smallest absolute Gasteiger partial charge is 0.302 e. The molecule has 1 aromatic carbocycles. The quantitative estimate of drug-likeness (QED) is 0.551. The number of esters is 1. The second-order valence-corrected chi connectivity index (χ2v) is 5.54. The van der Waals surface area contributed by atoms with E-state index < -0.39 is 0 Å². The van der Waals surface area contributed by atoms with Crippen molar-refractivity contribution < 1.29 is 14.3 Å². The van der Waals surface area contributed by atoms with Gasteiger partial charge in [0.05, 0.1) is 7.11 Å². The highest BCUT2D eigenvalue weighted by atomic mass is 16.5. The van der Waals surface area contributed by atoms with Gasteiger partial charge in [0, 0.05) is 6.92 Å². The minimum Gasteiger partial charge on any atom is -0.496 e. The van der Waals surface area contributed by atoms with E-state index in [1.165, 1.54) is 12.5 Å². The van der Waals surface area contributed by atoms with Gasteiger partial charge in [0.2, 0.25) is 0 Å². The first-order valence-electron chi connectivity index (χ1n) is 7.37. The lowest BCUT2D eigenvalue weighted by Crippen LogP contribution is -2.01. The fourth-order valence-corrected chi connectivity index (χ4v) is 2.16. The summed E-state index contributed by atoms with van der Waals surface area (Å²) in [6.07, 6.45) is 4.18. The molecule has 0 aliphatic heterocycles. The third kappa shape index (κ3) is 6.03. The normalized spacial score (nSPS) is 12.9. The van der Waals surface area contributed by atoms with E-state index in [4.69, 9.17) is 9.47 Å². The van der Waals surface area contributed by atoms with E-state index in [1.54, 1.807) is 7.11 Å². The van der Waals surface area contributed by atoms with Crippen LogP contribution in [0.25, 0.3) is 0 Å². The second kappa shape index (κ2) is 8.50. The molecular weight excluding hydrogens is 264 g/mol. The number of benzene rings is 1. The molecule has 21 heavy (non-hydrogen) atoms. The van der Waals surface area contributed by atoms with Gasteiger partial charge in [-0.15, -0.1) is 0 Å². The van der Waals surface area contributed by atoms with Gasteiger partial charge in [0.15, 0.2) is 0 Å². The lowest BCUT2D eigenvalue weighted by atomic mass is 9.94. The molecule has 0 fully saturated rings. The maximum absolute atomic E-state index is 10.7. The van der Waals surface area contributed by atoms with Crippen molar-refractivity contribution in [3.05, 3.63) is 41.0 Å². The zero-order chi connectivity index (χ0) is 15.8. The molecule has 0 N–H and O–H groups in total. The van der Waals surface area contributed by atoms with Gasteiger partial charge in [-0.1, -0.05) is 25.1 Å². The molecule has 0 saturated carbocycles. The molecule has 0 aliphatic carbocycles. The largest absolute Gasteiger partial charge is 0.496 e. The van der Waals surface area contributed by atoms with Crippen LogP contribution >= 0.6 is 0 Å². The van der Waals surface area contributed by atoms with Gasteiger partial charge in [-0.2, -0.15) is 0 Å². The van der Waals surface area contributed by atoms with Crippen LogP contribution in [0.1, 0.15) is 50.7 Å². The number of rotatable bonds is 7. The molecule has 0 heterocycles. The average molecular weight is 290 g/mol. The first-order valence-corrected chi connectivity index (χ1v) is 7.37. The maximum Gasteiger partial charge on any atom is 0.302 e. The minimum atomic E-state index is -0.233. The highest BCUT2D eigenvalue weighted by molar-refractivity contribution is 5.66. The lowest BCUT2D eigenvalue weighted by Gasteiger charge is -2.13. The molecular formula is C18H26O3. The standard InChI is InChI=1S/C18H26O3/c1-13(12-21-16(4)19)7-6-8-14(2)17-10-9-15(3)18(11-17)20-5/h7,9-11,14H,6,8,12H2,1-5H3/b13-7+/t14-/m0/s1. The van der Waals surface area contributed by atoms with E-state index in [1.807, 2.05) is 13.8 Å². The van der Waals surface area contributed by atoms with Crippen LogP contribution in [0.2, 0.25) is 0 Å². The summed E-state index contributed by atoms with van der Waals surface area (Å²) in [5.74, 6) is 1.18. The summed E-state index contributed by atoms with van der Waals surface area (Å²) in [6.45, 7) is 8.08. The molecule has 0 spiro atoms. The van der Waals surface area contributed by atoms with Crippen molar-refractivity contribution in [3.8, 4) is 5.75 Å². The zero-order valence-corrected chi connectivity index (χ0v) is 13.7. The van der Waals surface area contributed by atoms with E-state index in [0.717, 1.165) is 29.7 Å². The summed E-state index contributed by atoms with van der Waals surface area (Å²) >= 11 is 0. The van der Waals surface area contributed by atoms with E-state index in [-0.39, 0.29) is 5.97 Å². The molecule has 3 nitrogen and oxygen atoms in total. The van der Waals surface area contributed by atoms with Crippen LogP contribution in [0.3, 0.4) is 0 Å². The summed E-state index contributed by atoms with van der Waals surface area (Å²) < 4.78 is 10.3. The van der Waals surface area contributed by atoms with Crippen LogP contribution in [0.15, 0.2) is 29.8 Å². The third-order valence-electron chi connectivity index (χ3n) is 3.60. The summed E-state index contributed by atoms with van der Waals surface area (Å²) in [4.78, 5) is 10.7. The highest BCUT2D eigenvalue weighted by Crippen LogP contribution is 2.27. The monoisotopic (exact) mass is 290 g/mol. The molecule has 116 valence electrons. The molecule has 0 aromatic heterocycles. The van der Waals surface area contributed by atoms with E-state index in [9.17, 15) is 4.79 Å². The zero-order valence-electron chi connectivity index (χ0n) is 13.7. The number of methoxy groups -OCH3 is 1. The fraction of sp³-hybridized carbons (Fsp3) is 0.500. The van der Waals surface area contributed by atoms with Crippen LogP contribution in [0, 0.1) is 6.92 Å². The van der Waals surface area contributed by atoms with Crippen LogP contribution in [-0.4, -0.2) is 19.7 Å². The predicted octanol–water partition coefficient (Wildman–Crippen LogP) is 4.40. The van der Waals surface area contributed by atoms with Crippen molar-refractivity contribution in [3.63, 3.8) is 0 Å². The van der Waals surface area contributed by atoms with Crippen molar-refractivity contribution in [1.29, 1.82) is 0 Å². The molecule has 0 bridgehead atoms. The summed E-state index contributed by atoms with van der Waals surface area (Å²) in [7, 11) is 1.71. The van der Waals surface area contributed by atoms with Crippen molar-refractivity contribution in [2.24, 2.45) is 0 Å². The Hall–Kier alpha value is -1.77. The topological polar surface area (TPSA) is 35.5 Å². The van der Waals surface area contributed by atoms with Gasteiger partial charge < -0.3 is 9.47 Å². The highest BCUT2D eigenvalue weighted by Gasteiger charge is 2.07. The number of allylic oxidation sites excluding steroid dienone is 1. The Morgan fingerprint density at radius 2 is 2.05 bits per heavy atom. The van der Waals surface area contributed by atoms with Gasteiger partial charge in [-0.05, 0) is 55.4 Å². The van der Waals surface area contributed by atoms with E-state index >= 15 is 0 Å². The fourth-order valence-electron chi connectivity index (χ4n) is 2.16. The minimum absolute atomic E-state index is 0.233. The van der Waals surface area contributed by atoms with Crippen molar-refractivity contribution in [2.45, 2.75) is 46.5 Å². The number of hydrogen-bond donors (Lipinski definition) is 0. The Bertz CT molecular complexity index is 503. The van der Waals surface area contributed by atoms with Crippen LogP contribution in [-0.2, 0) is 9.53 Å². The maximum atomic E-state index is 10.7. The van der Waals surface area contributed by atoms with E-state index in [0.29, 0.717) is 12.5 Å². The first-order chi connectivity index (χ1) is 9.93. The molecule has 0 amide bonds. The Kier molecular flexibility index (Phi) is 7.00. The molecule has 0 saturated heterocycles. The summed E-state index contributed by atoms with van der Waals surface area (Å²) in [6, 6.07) is 6.39. The molecule has 0 unspecified atom stereocenters. The van der Waals surface area contributed by atoms with Gasteiger partial charge in [-0.25, -0.2) is 0 Å². The van der Waals surface area contributed by atoms with Crippen molar-refractivity contribution >= 4 is 5.97 Å². The van der Waals surface area contributed by atoms with Gasteiger partial charge >= 0.3 is 5.97 Å². The lowest BCUT2D eigenvalue weighted by molar-refractivity contribution is -0.139. The van der Waals surface area contributed by atoms with Gasteiger partial charge in [0.25, 0.3) is 0 Å². The van der Waals surface area contributed by atoms with Crippen LogP contribution in [0.5, 0.6) is 5.75 Å². The molecule has 1 rings (SSSR count). The first kappa shape index (κ1) is 17.3. The SMILES string of the molecule is COc1cc([C@@H](C)CC/C=C(\C)COC(C)=O)ccc1C. The molecule has 0 aliphatic rings.